The van der Waals surface area contributed by atoms with Crippen molar-refractivity contribution in [3.05, 3.63) is 86.2 Å². The quantitative estimate of drug-likeness (QED) is 0.225. The number of hydrogen-bond donors (Lipinski definition) is 2. The Morgan fingerprint density at radius 1 is 1.00 bits per heavy atom. The molecule has 1 aliphatic rings. The normalized spacial score (nSPS) is 13.8. The zero-order valence-corrected chi connectivity index (χ0v) is 25.8. The van der Waals surface area contributed by atoms with E-state index < -0.39 is 11.8 Å². The van der Waals surface area contributed by atoms with Gasteiger partial charge in [0.25, 0.3) is 17.7 Å². The molecule has 1 saturated heterocycles. The second kappa shape index (κ2) is 13.2. The second-order valence-corrected chi connectivity index (χ2v) is 11.4. The number of hydrogen-bond acceptors (Lipinski definition) is 8. The number of carbonyl (C=O) groups is 3. The maximum absolute atomic E-state index is 13.0. The monoisotopic (exact) mass is 655 g/mol. The zero-order chi connectivity index (χ0) is 29.7. The van der Waals surface area contributed by atoms with Crippen LogP contribution in [0.3, 0.4) is 0 Å². The summed E-state index contributed by atoms with van der Waals surface area (Å²) in [6, 6.07) is 15.3. The molecule has 9 nitrogen and oxygen atoms in total. The summed E-state index contributed by atoms with van der Waals surface area (Å²) in [5.74, 6) is 0.0642. The number of amides is 3. The Labute approximate surface area is 255 Å². The van der Waals surface area contributed by atoms with Gasteiger partial charge >= 0.3 is 0 Å². The van der Waals surface area contributed by atoms with Gasteiger partial charge in [-0.15, -0.1) is 0 Å². The number of thioether (sulfide) groups is 1. The molecule has 12 heteroatoms. The second-order valence-electron chi connectivity index (χ2n) is 8.85. The predicted octanol–water partition coefficient (Wildman–Crippen LogP) is 5.65. The maximum Gasteiger partial charge on any atom is 0.285 e. The van der Waals surface area contributed by atoms with Crippen LogP contribution in [0.2, 0.25) is 0 Å². The number of anilines is 1. The summed E-state index contributed by atoms with van der Waals surface area (Å²) < 4.78 is 17.2. The van der Waals surface area contributed by atoms with Gasteiger partial charge < -0.3 is 19.5 Å². The summed E-state index contributed by atoms with van der Waals surface area (Å²) >= 11 is 9.85. The van der Waals surface area contributed by atoms with Crippen LogP contribution >= 0.6 is 39.9 Å². The number of thiocarbonyl (C=S) groups is 1. The highest BCUT2D eigenvalue weighted by molar-refractivity contribution is 9.10. The minimum atomic E-state index is -0.484. The lowest BCUT2D eigenvalue weighted by Crippen LogP contribution is -2.44. The molecule has 3 amide bonds. The number of aryl methyl sites for hydroxylation is 2. The summed E-state index contributed by atoms with van der Waals surface area (Å²) in [7, 11) is 3.01. The molecule has 4 rings (SSSR count). The van der Waals surface area contributed by atoms with Crippen LogP contribution < -0.4 is 25.0 Å². The standard InChI is InChI=1S/C29H26BrN3O6S2/c1-16-11-21(30)22(12-17(16)2)31-26(34)15-39-23-10-5-18(13-24(23)38-4)14-25-28(36)33(29(40)41-25)32-27(35)19-6-8-20(37-3)9-7-19/h5-14H,15H2,1-4H3,(H,31,34)(H,32,35)/b25-14+. The van der Waals surface area contributed by atoms with Crippen LogP contribution in [0.1, 0.15) is 27.0 Å². The molecule has 0 radical (unpaired) electrons. The lowest BCUT2D eigenvalue weighted by Gasteiger charge is -2.15. The van der Waals surface area contributed by atoms with Crippen molar-refractivity contribution >= 4 is 73.7 Å². The van der Waals surface area contributed by atoms with E-state index in [0.717, 1.165) is 32.4 Å². The summed E-state index contributed by atoms with van der Waals surface area (Å²) in [4.78, 5) is 38.5. The topological polar surface area (TPSA) is 106 Å². The molecular weight excluding hydrogens is 630 g/mol. The number of rotatable bonds is 9. The number of ether oxygens (including phenoxy) is 3. The van der Waals surface area contributed by atoms with Crippen molar-refractivity contribution in [3.8, 4) is 17.2 Å². The molecule has 212 valence electrons. The van der Waals surface area contributed by atoms with Gasteiger partial charge in [0.05, 0.1) is 24.8 Å². The molecule has 0 aliphatic carbocycles. The molecule has 3 aromatic rings. The first-order valence-corrected chi connectivity index (χ1v) is 14.2. The zero-order valence-electron chi connectivity index (χ0n) is 22.6. The fourth-order valence-corrected chi connectivity index (χ4v) is 5.46. The van der Waals surface area contributed by atoms with E-state index in [9.17, 15) is 14.4 Å². The van der Waals surface area contributed by atoms with Crippen molar-refractivity contribution < 1.29 is 28.6 Å². The summed E-state index contributed by atoms with van der Waals surface area (Å²) in [6.45, 7) is 3.73. The third kappa shape index (κ3) is 7.26. The van der Waals surface area contributed by atoms with Gasteiger partial charge in [-0.3, -0.25) is 19.8 Å². The van der Waals surface area contributed by atoms with Crippen LogP contribution in [0.25, 0.3) is 6.08 Å². The van der Waals surface area contributed by atoms with Gasteiger partial charge in [0.2, 0.25) is 0 Å². The van der Waals surface area contributed by atoms with Gasteiger partial charge in [-0.05, 0) is 113 Å². The summed E-state index contributed by atoms with van der Waals surface area (Å²) in [5.41, 5.74) is 6.35. The van der Waals surface area contributed by atoms with E-state index in [-0.39, 0.29) is 16.8 Å². The molecule has 0 saturated carbocycles. The van der Waals surface area contributed by atoms with E-state index in [0.29, 0.717) is 39.0 Å². The molecule has 1 heterocycles. The van der Waals surface area contributed by atoms with Crippen molar-refractivity contribution in [3.63, 3.8) is 0 Å². The molecule has 3 aromatic carbocycles. The average molecular weight is 657 g/mol. The van der Waals surface area contributed by atoms with E-state index in [4.69, 9.17) is 26.4 Å². The SMILES string of the molecule is COc1ccc(C(=O)NN2C(=O)/C(=C\c3ccc(OCC(=O)Nc4cc(C)c(C)cc4Br)c(OC)c3)SC2=S)cc1. The Hall–Kier alpha value is -3.87. The number of carbonyl (C=O) groups excluding carboxylic acids is 3. The van der Waals surface area contributed by atoms with Gasteiger partial charge in [-0.25, -0.2) is 0 Å². The molecule has 2 N–H and O–H groups in total. The molecule has 0 spiro atoms. The molecule has 41 heavy (non-hydrogen) atoms. The largest absolute Gasteiger partial charge is 0.497 e. The fourth-order valence-electron chi connectivity index (χ4n) is 3.72. The highest BCUT2D eigenvalue weighted by Crippen LogP contribution is 2.34. The van der Waals surface area contributed by atoms with Crippen molar-refractivity contribution in [1.82, 2.24) is 10.4 Å². The van der Waals surface area contributed by atoms with E-state index in [2.05, 4.69) is 26.7 Å². The lowest BCUT2D eigenvalue weighted by molar-refractivity contribution is -0.123. The maximum atomic E-state index is 13.0. The highest BCUT2D eigenvalue weighted by atomic mass is 79.9. The van der Waals surface area contributed by atoms with Crippen LogP contribution in [0.4, 0.5) is 5.69 Å². The molecule has 1 aliphatic heterocycles. The van der Waals surface area contributed by atoms with Crippen LogP contribution in [0.15, 0.2) is 64.0 Å². The number of methoxy groups -OCH3 is 2. The summed E-state index contributed by atoms with van der Waals surface area (Å²) in [5, 5.41) is 3.88. The lowest BCUT2D eigenvalue weighted by atomic mass is 10.1. The first-order valence-electron chi connectivity index (χ1n) is 12.2. The molecule has 0 bridgehead atoms. The van der Waals surface area contributed by atoms with E-state index >= 15 is 0 Å². The number of nitrogens with zero attached hydrogens (tertiary/aromatic N) is 1. The Morgan fingerprint density at radius 2 is 1.71 bits per heavy atom. The van der Waals surface area contributed by atoms with E-state index in [1.807, 2.05) is 26.0 Å². The third-order valence-corrected chi connectivity index (χ3v) is 8.02. The van der Waals surface area contributed by atoms with Crippen molar-refractivity contribution in [2.24, 2.45) is 0 Å². The molecule has 0 unspecified atom stereocenters. The summed E-state index contributed by atoms with van der Waals surface area (Å²) in [6.07, 6.45) is 1.63. The first kappa shape index (κ1) is 30.1. The molecule has 0 atom stereocenters. The highest BCUT2D eigenvalue weighted by Gasteiger charge is 2.34. The smallest absolute Gasteiger partial charge is 0.285 e. The Balaban J connectivity index is 1.40. The van der Waals surface area contributed by atoms with Crippen LogP contribution in [-0.4, -0.2) is 47.9 Å². The van der Waals surface area contributed by atoms with Gasteiger partial charge in [-0.1, -0.05) is 17.8 Å². The minimum Gasteiger partial charge on any atom is -0.497 e. The number of halogens is 1. The van der Waals surface area contributed by atoms with Gasteiger partial charge in [-0.2, -0.15) is 5.01 Å². The Bertz CT molecular complexity index is 1560. The van der Waals surface area contributed by atoms with E-state index in [1.165, 1.54) is 14.2 Å². The third-order valence-electron chi connectivity index (χ3n) is 6.06. The number of benzene rings is 3. The van der Waals surface area contributed by atoms with Crippen LogP contribution in [0.5, 0.6) is 17.2 Å². The van der Waals surface area contributed by atoms with Crippen molar-refractivity contribution in [2.75, 3.05) is 26.1 Å². The van der Waals surface area contributed by atoms with Gasteiger partial charge in [0, 0.05) is 10.0 Å². The molecular formula is C29H26BrN3O6S2. The first-order chi connectivity index (χ1) is 19.6. The average Bonchev–Trinajstić information content (AvgIpc) is 3.22. The predicted molar refractivity (Wildman–Crippen MR) is 166 cm³/mol. The molecule has 0 aromatic heterocycles. The van der Waals surface area contributed by atoms with E-state index in [1.54, 1.807) is 48.5 Å². The number of hydrazine groups is 1. The Morgan fingerprint density at radius 3 is 2.39 bits per heavy atom. The number of nitrogens with one attached hydrogen (secondary N) is 2. The Kier molecular flexibility index (Phi) is 9.69. The fraction of sp³-hybridized carbons (Fsp3) is 0.172. The van der Waals surface area contributed by atoms with Crippen LogP contribution in [-0.2, 0) is 9.59 Å². The van der Waals surface area contributed by atoms with Crippen molar-refractivity contribution in [1.29, 1.82) is 0 Å². The van der Waals surface area contributed by atoms with Crippen LogP contribution in [0, 0.1) is 13.8 Å². The molecule has 1 fully saturated rings. The van der Waals surface area contributed by atoms with Gasteiger partial charge in [0.15, 0.2) is 22.4 Å². The minimum absolute atomic E-state index is 0.191. The van der Waals surface area contributed by atoms with Crippen molar-refractivity contribution in [2.45, 2.75) is 13.8 Å². The van der Waals surface area contributed by atoms with Gasteiger partial charge in [0.1, 0.15) is 5.75 Å².